The van der Waals surface area contributed by atoms with E-state index in [-0.39, 0.29) is 12.4 Å². The van der Waals surface area contributed by atoms with E-state index in [9.17, 15) is 9.59 Å². The van der Waals surface area contributed by atoms with Crippen LogP contribution in [0.5, 0.6) is 0 Å². The fourth-order valence-electron chi connectivity index (χ4n) is 2.40. The Kier molecular flexibility index (Phi) is 7.76. The number of carboxylic acids is 1. The van der Waals surface area contributed by atoms with E-state index in [2.05, 4.69) is 22.3 Å². The number of carbonyl (C=O) groups is 3. The summed E-state index contributed by atoms with van der Waals surface area (Å²) in [5, 5.41) is 18.1. The molecule has 0 saturated carbocycles. The van der Waals surface area contributed by atoms with Crippen molar-refractivity contribution in [2.45, 2.75) is 38.9 Å². The predicted molar refractivity (Wildman–Crippen MR) is 83.7 cm³/mol. The molecule has 1 heterocycles. The molecular weight excluding hydrogens is 300 g/mol. The Hall–Kier alpha value is -2.41. The number of amides is 1. The monoisotopic (exact) mass is 322 g/mol. The highest BCUT2D eigenvalue weighted by molar-refractivity contribution is 5.83. The van der Waals surface area contributed by atoms with Crippen LogP contribution in [0.4, 0.5) is 0 Å². The van der Waals surface area contributed by atoms with Crippen molar-refractivity contribution in [2.75, 3.05) is 6.54 Å². The van der Waals surface area contributed by atoms with Gasteiger partial charge in [0.25, 0.3) is 6.47 Å². The molecule has 2 rings (SSSR count). The Morgan fingerprint density at radius 3 is 2.30 bits per heavy atom. The third-order valence-electron chi connectivity index (χ3n) is 3.53. The smallest absolute Gasteiger partial charge is 0.325 e. The van der Waals surface area contributed by atoms with E-state index >= 15 is 0 Å². The molecule has 0 fully saturated rings. The molecular formula is C16H22N2O5. The molecule has 1 amide bonds. The van der Waals surface area contributed by atoms with Gasteiger partial charge in [0.1, 0.15) is 6.04 Å². The summed E-state index contributed by atoms with van der Waals surface area (Å²) in [5.41, 5.74) is 2.72. The van der Waals surface area contributed by atoms with Gasteiger partial charge in [-0.15, -0.1) is 0 Å². The minimum atomic E-state index is -1.01. The van der Waals surface area contributed by atoms with Crippen molar-refractivity contribution >= 4 is 18.3 Å². The Morgan fingerprint density at radius 1 is 1.30 bits per heavy atom. The zero-order valence-electron chi connectivity index (χ0n) is 13.1. The van der Waals surface area contributed by atoms with Crippen LogP contribution in [-0.4, -0.2) is 46.0 Å². The summed E-state index contributed by atoms with van der Waals surface area (Å²) in [6.45, 7) is 3.94. The number of nitrogens with one attached hydrogen (secondary N) is 1. The maximum absolute atomic E-state index is 11.6. The summed E-state index contributed by atoms with van der Waals surface area (Å²) >= 11 is 0. The van der Waals surface area contributed by atoms with Gasteiger partial charge in [0.15, 0.2) is 0 Å². The average molecular weight is 322 g/mol. The molecule has 0 aromatic heterocycles. The first-order valence-electron chi connectivity index (χ1n) is 7.37. The van der Waals surface area contributed by atoms with E-state index in [0.717, 1.165) is 26.1 Å². The Labute approximate surface area is 134 Å². The molecule has 1 aliphatic heterocycles. The van der Waals surface area contributed by atoms with Crippen LogP contribution in [0.1, 0.15) is 30.9 Å². The van der Waals surface area contributed by atoms with Gasteiger partial charge in [-0.1, -0.05) is 24.3 Å². The van der Waals surface area contributed by atoms with Crippen LogP contribution < -0.4 is 5.32 Å². The number of benzene rings is 1. The number of carbonyl (C=O) groups excluding carboxylic acids is 1. The normalized spacial score (nSPS) is 14.1. The number of aliphatic carboxylic acids is 1. The van der Waals surface area contributed by atoms with E-state index in [1.165, 1.54) is 18.1 Å². The van der Waals surface area contributed by atoms with Crippen LogP contribution in [-0.2, 0) is 27.5 Å². The first-order chi connectivity index (χ1) is 11.0. The standard InChI is InChI=1S/C15H20N2O3.CH2O2/c1-11(15(19)20)16-14(18)7-4-8-17-9-12-5-2-3-6-13(12)10-17;2-1-3/h2-3,5-6,11H,4,7-10H2,1H3,(H,16,18)(H,19,20);1H,(H,2,3)/t11-;/m1./s1. The van der Waals surface area contributed by atoms with Crippen molar-refractivity contribution in [2.24, 2.45) is 0 Å². The van der Waals surface area contributed by atoms with Crippen LogP contribution in [0.15, 0.2) is 24.3 Å². The van der Waals surface area contributed by atoms with Crippen LogP contribution in [0, 0.1) is 0 Å². The molecule has 0 saturated heterocycles. The maximum Gasteiger partial charge on any atom is 0.325 e. The first-order valence-corrected chi connectivity index (χ1v) is 7.37. The molecule has 1 atom stereocenters. The van der Waals surface area contributed by atoms with E-state index in [4.69, 9.17) is 15.0 Å². The summed E-state index contributed by atoms with van der Waals surface area (Å²) in [4.78, 5) is 32.8. The van der Waals surface area contributed by atoms with E-state index in [0.29, 0.717) is 6.42 Å². The lowest BCUT2D eigenvalue weighted by Crippen LogP contribution is -2.38. The highest BCUT2D eigenvalue weighted by atomic mass is 16.4. The van der Waals surface area contributed by atoms with Gasteiger partial charge in [0.05, 0.1) is 0 Å². The number of fused-ring (bicyclic) bond motifs is 1. The lowest BCUT2D eigenvalue weighted by molar-refractivity contribution is -0.141. The lowest BCUT2D eigenvalue weighted by atomic mass is 10.1. The fourth-order valence-corrected chi connectivity index (χ4v) is 2.40. The predicted octanol–water partition coefficient (Wildman–Crippen LogP) is 1.07. The second-order valence-electron chi connectivity index (χ2n) is 5.32. The molecule has 3 N–H and O–H groups in total. The molecule has 23 heavy (non-hydrogen) atoms. The van der Waals surface area contributed by atoms with Gasteiger partial charge in [-0.05, 0) is 31.0 Å². The third kappa shape index (κ3) is 6.48. The Bertz CT molecular complexity index is 522. The molecule has 7 nitrogen and oxygen atoms in total. The molecule has 0 bridgehead atoms. The van der Waals surface area contributed by atoms with Crippen LogP contribution in [0.25, 0.3) is 0 Å². The molecule has 0 spiro atoms. The third-order valence-corrected chi connectivity index (χ3v) is 3.53. The summed E-state index contributed by atoms with van der Waals surface area (Å²) in [6, 6.07) is 7.54. The quantitative estimate of drug-likeness (QED) is 0.676. The van der Waals surface area contributed by atoms with Gasteiger partial charge in [-0.25, -0.2) is 0 Å². The second kappa shape index (κ2) is 9.58. The summed E-state index contributed by atoms with van der Waals surface area (Å²) in [7, 11) is 0. The molecule has 0 unspecified atom stereocenters. The topological polar surface area (TPSA) is 107 Å². The summed E-state index contributed by atoms with van der Waals surface area (Å²) in [6.07, 6.45) is 1.11. The summed E-state index contributed by atoms with van der Waals surface area (Å²) in [5.74, 6) is -1.20. The van der Waals surface area contributed by atoms with Gasteiger partial charge in [0, 0.05) is 19.5 Å². The number of nitrogens with zero attached hydrogens (tertiary/aromatic N) is 1. The largest absolute Gasteiger partial charge is 0.483 e. The van der Waals surface area contributed by atoms with Gasteiger partial charge >= 0.3 is 5.97 Å². The zero-order chi connectivity index (χ0) is 17.2. The number of hydrogen-bond acceptors (Lipinski definition) is 4. The maximum atomic E-state index is 11.6. The first kappa shape index (κ1) is 18.6. The van der Waals surface area contributed by atoms with Crippen molar-refractivity contribution in [1.82, 2.24) is 10.2 Å². The lowest BCUT2D eigenvalue weighted by Gasteiger charge is -2.14. The highest BCUT2D eigenvalue weighted by Gasteiger charge is 2.18. The molecule has 1 aromatic rings. The minimum absolute atomic E-state index is 0.198. The summed E-state index contributed by atoms with van der Waals surface area (Å²) < 4.78 is 0. The Balaban J connectivity index is 0.000000816. The zero-order valence-corrected chi connectivity index (χ0v) is 13.1. The van der Waals surface area contributed by atoms with Gasteiger partial charge < -0.3 is 15.5 Å². The van der Waals surface area contributed by atoms with Crippen molar-refractivity contribution in [3.05, 3.63) is 35.4 Å². The van der Waals surface area contributed by atoms with Crippen molar-refractivity contribution in [3.8, 4) is 0 Å². The van der Waals surface area contributed by atoms with E-state index in [1.807, 2.05) is 12.1 Å². The van der Waals surface area contributed by atoms with Crippen LogP contribution in [0.2, 0.25) is 0 Å². The average Bonchev–Trinajstić information content (AvgIpc) is 2.90. The van der Waals surface area contributed by atoms with Gasteiger partial charge in [0.2, 0.25) is 5.91 Å². The van der Waals surface area contributed by atoms with Gasteiger partial charge in [-0.2, -0.15) is 0 Å². The molecule has 1 aromatic carbocycles. The van der Waals surface area contributed by atoms with E-state index in [1.54, 1.807) is 0 Å². The molecule has 126 valence electrons. The van der Waals surface area contributed by atoms with Crippen LogP contribution >= 0.6 is 0 Å². The number of carboxylic acid groups (broad SMARTS) is 2. The highest BCUT2D eigenvalue weighted by Crippen LogP contribution is 2.22. The second-order valence-corrected chi connectivity index (χ2v) is 5.32. The Morgan fingerprint density at radius 2 is 1.83 bits per heavy atom. The molecule has 7 heteroatoms. The van der Waals surface area contributed by atoms with Crippen molar-refractivity contribution in [3.63, 3.8) is 0 Å². The number of hydrogen-bond donors (Lipinski definition) is 3. The molecule has 1 aliphatic rings. The molecule has 0 radical (unpaired) electrons. The van der Waals surface area contributed by atoms with Crippen LogP contribution in [0.3, 0.4) is 0 Å². The van der Waals surface area contributed by atoms with Gasteiger partial charge in [-0.3, -0.25) is 19.3 Å². The number of rotatable bonds is 6. The van der Waals surface area contributed by atoms with E-state index < -0.39 is 12.0 Å². The SMILES string of the molecule is C[C@@H](NC(=O)CCCN1Cc2ccccc2C1)C(=O)O.O=CO. The fraction of sp³-hybridized carbons (Fsp3) is 0.438. The minimum Gasteiger partial charge on any atom is -0.483 e. The van der Waals surface area contributed by atoms with Crippen molar-refractivity contribution in [1.29, 1.82) is 0 Å². The molecule has 0 aliphatic carbocycles. The van der Waals surface area contributed by atoms with Crippen molar-refractivity contribution < 1.29 is 24.6 Å².